The molecular weight excluding hydrogens is 356 g/mol. The summed E-state index contributed by atoms with van der Waals surface area (Å²) in [6.45, 7) is 12.4. The molecule has 1 aliphatic heterocycles. The van der Waals surface area contributed by atoms with Crippen molar-refractivity contribution >= 4 is 17.2 Å². The number of rotatable bonds is 7. The number of non-ortho nitro benzene ring substituents is 1. The highest BCUT2D eigenvalue weighted by atomic mass is 16.6. The van der Waals surface area contributed by atoms with Gasteiger partial charge < -0.3 is 14.4 Å². The second-order valence-corrected chi connectivity index (χ2v) is 7.29. The summed E-state index contributed by atoms with van der Waals surface area (Å²) >= 11 is 0. The minimum absolute atomic E-state index is 0.104. The lowest BCUT2D eigenvalue weighted by Crippen LogP contribution is -3.15. The summed E-state index contributed by atoms with van der Waals surface area (Å²) in [5.74, 6) is 0.183. The van der Waals surface area contributed by atoms with Crippen LogP contribution in [0.4, 0.5) is 11.4 Å². The molecule has 0 bridgehead atoms. The smallest absolute Gasteiger partial charge is 0.269 e. The third-order valence-corrected chi connectivity index (χ3v) is 5.49. The molecule has 0 saturated carbocycles. The molecule has 1 N–H and O–H groups in total. The van der Waals surface area contributed by atoms with E-state index in [-0.39, 0.29) is 16.4 Å². The molecule has 2 aromatic rings. The van der Waals surface area contributed by atoms with Crippen LogP contribution in [0, 0.1) is 24.0 Å². The van der Waals surface area contributed by atoms with Crippen molar-refractivity contribution < 1.29 is 14.6 Å². The van der Waals surface area contributed by atoms with Gasteiger partial charge in [-0.25, -0.2) is 0 Å². The van der Waals surface area contributed by atoms with Crippen LogP contribution < -0.4 is 9.80 Å². The summed E-state index contributed by atoms with van der Waals surface area (Å²) < 4.78 is 2.11. The fourth-order valence-electron chi connectivity index (χ4n) is 3.86. The highest BCUT2D eigenvalue weighted by Crippen LogP contribution is 2.19. The first-order valence-corrected chi connectivity index (χ1v) is 9.54. The molecule has 1 aliphatic rings. The van der Waals surface area contributed by atoms with Crippen molar-refractivity contribution in [2.75, 3.05) is 37.6 Å². The number of anilines is 1. The standard InChI is InChI=1S/C21H26N4O3/c1-4-9-24-16(2)14-20(17(24)3)21(26)15-22-10-12-23(13-11-22)18-5-7-19(8-6-18)25(27)28/h4-8,14H,1,9-13,15H2,2-3H3/p+1. The third-order valence-electron chi connectivity index (χ3n) is 5.49. The SMILES string of the molecule is C=CCn1c(C)cc(C(=O)C[NH+]2CCN(c3ccc([N+](=O)[O-])cc3)CC2)c1C. The number of piperazine rings is 1. The highest BCUT2D eigenvalue weighted by molar-refractivity contribution is 5.98. The Bertz CT molecular complexity index is 878. The fourth-order valence-corrected chi connectivity index (χ4v) is 3.86. The maximum Gasteiger partial charge on any atom is 0.269 e. The number of nitro benzene ring substituents is 1. The zero-order valence-electron chi connectivity index (χ0n) is 16.5. The average Bonchev–Trinajstić information content (AvgIpc) is 2.97. The molecule has 148 valence electrons. The van der Waals surface area contributed by atoms with Crippen LogP contribution in [0.3, 0.4) is 0 Å². The Hall–Kier alpha value is -2.93. The van der Waals surface area contributed by atoms with Gasteiger partial charge in [0.25, 0.3) is 5.69 Å². The molecule has 0 spiro atoms. The number of allylic oxidation sites excluding steroid dienone is 1. The quantitative estimate of drug-likeness (QED) is 0.342. The van der Waals surface area contributed by atoms with E-state index in [1.54, 1.807) is 12.1 Å². The van der Waals surface area contributed by atoms with Gasteiger partial charge in [0.2, 0.25) is 5.78 Å². The molecule has 28 heavy (non-hydrogen) atoms. The van der Waals surface area contributed by atoms with E-state index in [2.05, 4.69) is 16.0 Å². The van der Waals surface area contributed by atoms with Crippen molar-refractivity contribution in [1.82, 2.24) is 4.57 Å². The maximum atomic E-state index is 12.8. The van der Waals surface area contributed by atoms with E-state index < -0.39 is 0 Å². The van der Waals surface area contributed by atoms with Crippen LogP contribution in [0.2, 0.25) is 0 Å². The van der Waals surface area contributed by atoms with Gasteiger partial charge in [-0.1, -0.05) is 6.08 Å². The zero-order valence-corrected chi connectivity index (χ0v) is 16.5. The molecule has 0 amide bonds. The largest absolute Gasteiger partial charge is 0.360 e. The van der Waals surface area contributed by atoms with Crippen molar-refractivity contribution in [3.8, 4) is 0 Å². The number of benzene rings is 1. The fraction of sp³-hybridized carbons (Fsp3) is 0.381. The molecule has 7 nitrogen and oxygen atoms in total. The molecule has 0 atom stereocenters. The molecule has 0 aliphatic carbocycles. The van der Waals surface area contributed by atoms with Gasteiger partial charge in [0.15, 0.2) is 0 Å². The zero-order chi connectivity index (χ0) is 20.3. The summed E-state index contributed by atoms with van der Waals surface area (Å²) in [4.78, 5) is 26.7. The summed E-state index contributed by atoms with van der Waals surface area (Å²) in [6, 6.07) is 8.65. The minimum Gasteiger partial charge on any atom is -0.360 e. The van der Waals surface area contributed by atoms with Crippen molar-refractivity contribution in [2.45, 2.75) is 20.4 Å². The van der Waals surface area contributed by atoms with Crippen LogP contribution in [0.25, 0.3) is 0 Å². The monoisotopic (exact) mass is 383 g/mol. The first kappa shape index (κ1) is 19.8. The lowest BCUT2D eigenvalue weighted by atomic mass is 10.1. The Morgan fingerprint density at radius 1 is 1.25 bits per heavy atom. The topological polar surface area (TPSA) is 72.8 Å². The van der Waals surface area contributed by atoms with E-state index in [1.807, 2.05) is 26.0 Å². The van der Waals surface area contributed by atoms with E-state index >= 15 is 0 Å². The Balaban J connectivity index is 1.58. The van der Waals surface area contributed by atoms with Crippen molar-refractivity contribution in [3.63, 3.8) is 0 Å². The molecule has 1 saturated heterocycles. The summed E-state index contributed by atoms with van der Waals surface area (Å²) in [5, 5.41) is 10.8. The Morgan fingerprint density at radius 2 is 1.89 bits per heavy atom. The van der Waals surface area contributed by atoms with Crippen LogP contribution >= 0.6 is 0 Å². The number of carbonyl (C=O) groups is 1. The van der Waals surface area contributed by atoms with Gasteiger partial charge >= 0.3 is 0 Å². The highest BCUT2D eigenvalue weighted by Gasteiger charge is 2.25. The van der Waals surface area contributed by atoms with Gasteiger partial charge in [-0.15, -0.1) is 6.58 Å². The molecule has 2 heterocycles. The lowest BCUT2D eigenvalue weighted by Gasteiger charge is -2.33. The number of hydrogen-bond donors (Lipinski definition) is 1. The number of Topliss-reactive ketones (excluding diaryl/α,β-unsaturated/α-hetero) is 1. The number of aryl methyl sites for hydroxylation is 1. The Kier molecular flexibility index (Phi) is 5.94. The maximum absolute atomic E-state index is 12.8. The number of ketones is 1. The molecular formula is C21H27N4O3+. The number of nitrogens with zero attached hydrogens (tertiary/aromatic N) is 3. The van der Waals surface area contributed by atoms with E-state index in [4.69, 9.17) is 0 Å². The average molecular weight is 383 g/mol. The summed E-state index contributed by atoms with van der Waals surface area (Å²) in [7, 11) is 0. The van der Waals surface area contributed by atoms with E-state index in [9.17, 15) is 14.9 Å². The molecule has 1 aromatic heterocycles. The van der Waals surface area contributed by atoms with Gasteiger partial charge in [-0.05, 0) is 32.0 Å². The van der Waals surface area contributed by atoms with Crippen LogP contribution in [-0.2, 0) is 6.54 Å². The molecule has 7 heteroatoms. The number of nitro groups is 1. The van der Waals surface area contributed by atoms with Crippen molar-refractivity contribution in [3.05, 3.63) is 70.1 Å². The minimum atomic E-state index is -0.385. The van der Waals surface area contributed by atoms with Crippen LogP contribution in [-0.4, -0.2) is 48.0 Å². The van der Waals surface area contributed by atoms with E-state index in [1.165, 1.54) is 17.0 Å². The van der Waals surface area contributed by atoms with Crippen LogP contribution in [0.1, 0.15) is 21.7 Å². The van der Waals surface area contributed by atoms with Crippen LogP contribution in [0.15, 0.2) is 43.0 Å². The van der Waals surface area contributed by atoms with Gasteiger partial charge in [0.1, 0.15) is 6.54 Å². The van der Waals surface area contributed by atoms with E-state index in [0.717, 1.165) is 48.8 Å². The van der Waals surface area contributed by atoms with Crippen LogP contribution in [0.5, 0.6) is 0 Å². The number of nitrogens with one attached hydrogen (secondary N) is 1. The first-order valence-electron chi connectivity index (χ1n) is 9.54. The number of carbonyl (C=O) groups excluding carboxylic acids is 1. The predicted molar refractivity (Wildman–Crippen MR) is 109 cm³/mol. The number of aromatic nitrogens is 1. The van der Waals surface area contributed by atoms with E-state index in [0.29, 0.717) is 13.1 Å². The second kappa shape index (κ2) is 8.39. The second-order valence-electron chi connectivity index (χ2n) is 7.29. The third kappa shape index (κ3) is 4.14. The van der Waals surface area contributed by atoms with Gasteiger partial charge in [0.05, 0.1) is 31.1 Å². The molecule has 0 radical (unpaired) electrons. The normalized spacial score (nSPS) is 14.9. The number of hydrogen-bond acceptors (Lipinski definition) is 4. The van der Waals surface area contributed by atoms with Gasteiger partial charge in [0, 0.05) is 41.3 Å². The number of quaternary nitrogens is 1. The molecule has 0 unspecified atom stereocenters. The van der Waals surface area contributed by atoms with Gasteiger partial charge in [-0.2, -0.15) is 0 Å². The Morgan fingerprint density at radius 3 is 2.46 bits per heavy atom. The Labute approximate surface area is 165 Å². The summed E-state index contributed by atoms with van der Waals surface area (Å²) in [5.41, 5.74) is 3.99. The van der Waals surface area contributed by atoms with Gasteiger partial charge in [-0.3, -0.25) is 14.9 Å². The first-order chi connectivity index (χ1) is 13.4. The molecule has 1 fully saturated rings. The lowest BCUT2D eigenvalue weighted by molar-refractivity contribution is -0.892. The van der Waals surface area contributed by atoms with Crippen molar-refractivity contribution in [2.24, 2.45) is 0 Å². The molecule has 3 rings (SSSR count). The predicted octanol–water partition coefficient (Wildman–Crippen LogP) is 1.79. The summed E-state index contributed by atoms with van der Waals surface area (Å²) in [6.07, 6.45) is 1.84. The van der Waals surface area contributed by atoms with Crippen molar-refractivity contribution in [1.29, 1.82) is 0 Å². The molecule has 1 aromatic carbocycles.